The molecule has 0 aromatic heterocycles. The van der Waals surface area contributed by atoms with Crippen molar-refractivity contribution in [1.29, 1.82) is 0 Å². The van der Waals surface area contributed by atoms with Crippen LogP contribution in [0.1, 0.15) is 11.1 Å². The van der Waals surface area contributed by atoms with Gasteiger partial charge < -0.3 is 16.2 Å². The van der Waals surface area contributed by atoms with Gasteiger partial charge in [-0.1, -0.05) is 36.4 Å². The highest BCUT2D eigenvalue weighted by Gasteiger charge is 2.44. The highest BCUT2D eigenvalue weighted by molar-refractivity contribution is 6.13. The molecule has 1 unspecified atom stereocenters. The second-order valence-electron chi connectivity index (χ2n) is 4.97. The first-order chi connectivity index (χ1) is 11.2. The molecule has 2 aromatic rings. The molecule has 0 aliphatic rings. The van der Waals surface area contributed by atoms with Crippen molar-refractivity contribution in [3.8, 4) is 0 Å². The Morgan fingerprint density at radius 2 is 1.54 bits per heavy atom. The number of carbonyl (C=O) groups excluding carboxylic acids is 2. The second kappa shape index (κ2) is 6.32. The number of halogens is 3. The number of hydrogen-bond acceptors (Lipinski definition) is 3. The molecule has 0 fully saturated rings. The largest absolute Gasteiger partial charge is 0.416 e. The van der Waals surface area contributed by atoms with Gasteiger partial charge in [0.2, 0.25) is 5.60 Å². The average Bonchev–Trinajstić information content (AvgIpc) is 2.54. The Hall–Kier alpha value is -2.87. The summed E-state index contributed by atoms with van der Waals surface area (Å²) in [7, 11) is 0. The number of hydrogen-bond donors (Lipinski definition) is 3. The molecule has 0 radical (unpaired) electrons. The van der Waals surface area contributed by atoms with Gasteiger partial charge in [-0.25, -0.2) is 0 Å². The van der Waals surface area contributed by atoms with Gasteiger partial charge in [0.15, 0.2) is 0 Å². The molecule has 1 atom stereocenters. The van der Waals surface area contributed by atoms with E-state index < -0.39 is 29.2 Å². The minimum Gasteiger partial charge on any atom is -0.368 e. The Morgan fingerprint density at radius 1 is 0.958 bits per heavy atom. The summed E-state index contributed by atoms with van der Waals surface area (Å²) in [6, 6.07) is 10.9. The maximum Gasteiger partial charge on any atom is 0.416 e. The minimum absolute atomic E-state index is 0.0954. The fourth-order valence-electron chi connectivity index (χ4n) is 2.06. The van der Waals surface area contributed by atoms with Crippen LogP contribution in [0.3, 0.4) is 0 Å². The molecule has 0 spiro atoms. The van der Waals surface area contributed by atoms with E-state index in [0.29, 0.717) is 6.07 Å². The zero-order valence-corrected chi connectivity index (χ0v) is 12.2. The summed E-state index contributed by atoms with van der Waals surface area (Å²) in [4.78, 5) is 23.9. The topological polar surface area (TPSA) is 92.4 Å². The molecular formula is C16H13F3N2O3. The van der Waals surface area contributed by atoms with Gasteiger partial charge in [0.25, 0.3) is 11.8 Å². The van der Waals surface area contributed by atoms with E-state index in [4.69, 9.17) is 5.73 Å². The molecule has 0 aliphatic heterocycles. The van der Waals surface area contributed by atoms with E-state index in [1.807, 2.05) is 0 Å². The van der Waals surface area contributed by atoms with Crippen LogP contribution in [0.5, 0.6) is 0 Å². The number of amides is 2. The fraction of sp³-hybridized carbons (Fsp3) is 0.125. The van der Waals surface area contributed by atoms with Crippen molar-refractivity contribution >= 4 is 17.5 Å². The Kier molecular flexibility index (Phi) is 4.61. The van der Waals surface area contributed by atoms with Gasteiger partial charge in [-0.3, -0.25) is 9.59 Å². The van der Waals surface area contributed by atoms with Crippen LogP contribution >= 0.6 is 0 Å². The van der Waals surface area contributed by atoms with Crippen LogP contribution in [-0.4, -0.2) is 16.9 Å². The van der Waals surface area contributed by atoms with Crippen molar-refractivity contribution < 1.29 is 27.9 Å². The number of carbonyl (C=O) groups is 2. The molecule has 126 valence electrons. The number of aliphatic hydroxyl groups is 1. The van der Waals surface area contributed by atoms with Crippen LogP contribution in [0, 0.1) is 0 Å². The molecule has 4 N–H and O–H groups in total. The van der Waals surface area contributed by atoms with Crippen LogP contribution in [0.2, 0.25) is 0 Å². The normalized spacial score (nSPS) is 13.8. The van der Waals surface area contributed by atoms with E-state index in [1.165, 1.54) is 30.3 Å². The molecule has 2 aromatic carbocycles. The maximum atomic E-state index is 12.7. The summed E-state index contributed by atoms with van der Waals surface area (Å²) in [6.07, 6.45) is -4.60. The summed E-state index contributed by atoms with van der Waals surface area (Å²) in [5.41, 5.74) is 1.10. The zero-order chi connectivity index (χ0) is 18.0. The summed E-state index contributed by atoms with van der Waals surface area (Å²) >= 11 is 0. The maximum absolute atomic E-state index is 12.7. The van der Waals surface area contributed by atoms with Gasteiger partial charge >= 0.3 is 6.18 Å². The third-order valence-electron chi connectivity index (χ3n) is 3.32. The molecule has 5 nitrogen and oxygen atoms in total. The van der Waals surface area contributed by atoms with Gasteiger partial charge in [0.05, 0.1) is 5.56 Å². The fourth-order valence-corrected chi connectivity index (χ4v) is 2.06. The first kappa shape index (κ1) is 17.5. The SMILES string of the molecule is NC(=O)C(O)(C(=O)Nc1cccc(C(F)(F)F)c1)c1ccccc1. The van der Waals surface area contributed by atoms with Gasteiger partial charge in [-0.2, -0.15) is 13.2 Å². The Labute approximate surface area is 134 Å². The monoisotopic (exact) mass is 338 g/mol. The van der Waals surface area contributed by atoms with Gasteiger partial charge in [-0.15, -0.1) is 0 Å². The number of benzene rings is 2. The number of anilines is 1. The molecule has 0 heterocycles. The van der Waals surface area contributed by atoms with Crippen molar-refractivity contribution in [2.45, 2.75) is 11.8 Å². The molecule has 0 saturated carbocycles. The highest BCUT2D eigenvalue weighted by Crippen LogP contribution is 2.31. The van der Waals surface area contributed by atoms with Crippen molar-refractivity contribution in [2.75, 3.05) is 5.32 Å². The van der Waals surface area contributed by atoms with Gasteiger partial charge in [0.1, 0.15) is 0 Å². The Balaban J connectivity index is 2.35. The van der Waals surface area contributed by atoms with Crippen LogP contribution in [0.4, 0.5) is 18.9 Å². The van der Waals surface area contributed by atoms with Crippen molar-refractivity contribution in [3.63, 3.8) is 0 Å². The standard InChI is InChI=1S/C16H13F3N2O3/c17-16(18,19)11-7-4-8-12(9-11)21-14(23)15(24,13(20)22)10-5-2-1-3-6-10/h1-9,24H,(H2,20,22)(H,21,23). The molecule has 0 bridgehead atoms. The average molecular weight is 338 g/mol. The third-order valence-corrected chi connectivity index (χ3v) is 3.32. The quantitative estimate of drug-likeness (QED) is 0.745. The summed E-state index contributed by atoms with van der Waals surface area (Å²) in [5, 5.41) is 12.5. The summed E-state index contributed by atoms with van der Waals surface area (Å²) in [5.74, 6) is -2.60. The number of nitrogens with one attached hydrogen (secondary N) is 1. The second-order valence-corrected chi connectivity index (χ2v) is 4.97. The van der Waals surface area contributed by atoms with Crippen LogP contribution in [0.15, 0.2) is 54.6 Å². The summed E-state index contributed by atoms with van der Waals surface area (Å²) < 4.78 is 38.1. The van der Waals surface area contributed by atoms with E-state index in [0.717, 1.165) is 12.1 Å². The number of nitrogens with two attached hydrogens (primary N) is 1. The molecule has 2 rings (SSSR count). The summed E-state index contributed by atoms with van der Waals surface area (Å²) in [6.45, 7) is 0. The lowest BCUT2D eigenvalue weighted by Crippen LogP contribution is -2.50. The molecule has 2 amide bonds. The molecule has 24 heavy (non-hydrogen) atoms. The van der Waals surface area contributed by atoms with Crippen LogP contribution in [-0.2, 0) is 21.4 Å². The molecular weight excluding hydrogens is 325 g/mol. The lowest BCUT2D eigenvalue weighted by molar-refractivity contribution is -0.149. The first-order valence-corrected chi connectivity index (χ1v) is 6.72. The molecule has 8 heteroatoms. The van der Waals surface area contributed by atoms with Crippen LogP contribution < -0.4 is 11.1 Å². The lowest BCUT2D eigenvalue weighted by atomic mass is 9.92. The molecule has 0 saturated heterocycles. The van der Waals surface area contributed by atoms with E-state index >= 15 is 0 Å². The Bertz CT molecular complexity index is 763. The van der Waals surface area contributed by atoms with Crippen molar-refractivity contribution in [3.05, 3.63) is 65.7 Å². The number of primary amides is 1. The van der Waals surface area contributed by atoms with Gasteiger partial charge in [-0.05, 0) is 18.2 Å². The minimum atomic E-state index is -4.60. The highest BCUT2D eigenvalue weighted by atomic mass is 19.4. The van der Waals surface area contributed by atoms with Gasteiger partial charge in [0, 0.05) is 11.3 Å². The van der Waals surface area contributed by atoms with Crippen LogP contribution in [0.25, 0.3) is 0 Å². The third kappa shape index (κ3) is 3.38. The van der Waals surface area contributed by atoms with Crippen molar-refractivity contribution in [2.24, 2.45) is 5.73 Å². The molecule has 0 aliphatic carbocycles. The number of rotatable bonds is 4. The smallest absolute Gasteiger partial charge is 0.368 e. The predicted octanol–water partition coefficient (Wildman–Crippen LogP) is 2.02. The number of alkyl halides is 3. The van der Waals surface area contributed by atoms with E-state index in [1.54, 1.807) is 6.07 Å². The first-order valence-electron chi connectivity index (χ1n) is 6.72. The lowest BCUT2D eigenvalue weighted by Gasteiger charge is -2.24. The Morgan fingerprint density at radius 3 is 2.08 bits per heavy atom. The predicted molar refractivity (Wildman–Crippen MR) is 79.6 cm³/mol. The zero-order valence-electron chi connectivity index (χ0n) is 12.2. The van der Waals surface area contributed by atoms with Crippen molar-refractivity contribution in [1.82, 2.24) is 0 Å². The van der Waals surface area contributed by atoms with E-state index in [2.05, 4.69) is 5.32 Å². The van der Waals surface area contributed by atoms with E-state index in [-0.39, 0.29) is 11.3 Å². The van der Waals surface area contributed by atoms with E-state index in [9.17, 15) is 27.9 Å².